The van der Waals surface area contributed by atoms with Gasteiger partial charge in [0, 0.05) is 4.32 Å². The Labute approximate surface area is 91.5 Å². The van der Waals surface area contributed by atoms with Crippen molar-refractivity contribution < 1.29 is 9.90 Å². The van der Waals surface area contributed by atoms with E-state index in [4.69, 9.17) is 0 Å². The van der Waals surface area contributed by atoms with Crippen LogP contribution in [-0.2, 0) is 4.79 Å². The van der Waals surface area contributed by atoms with E-state index in [2.05, 4.69) is 22.0 Å². The molecule has 0 aromatic carbocycles. The summed E-state index contributed by atoms with van der Waals surface area (Å²) in [5.41, 5.74) is 1.49. The number of alkyl halides is 1. The molecule has 0 amide bonds. The van der Waals surface area contributed by atoms with Crippen LogP contribution in [0.1, 0.15) is 25.7 Å². The fourth-order valence-electron chi connectivity index (χ4n) is 3.75. The molecule has 76 valence electrons. The van der Waals surface area contributed by atoms with Crippen molar-refractivity contribution in [1.29, 1.82) is 0 Å². The average molecular weight is 257 g/mol. The van der Waals surface area contributed by atoms with E-state index < -0.39 is 5.97 Å². The molecular formula is C11H13BrO2. The first-order chi connectivity index (χ1) is 6.57. The van der Waals surface area contributed by atoms with E-state index in [-0.39, 0.29) is 10.2 Å². The van der Waals surface area contributed by atoms with Crippen LogP contribution >= 0.6 is 15.9 Å². The molecule has 4 rings (SSSR count). The fourth-order valence-corrected chi connectivity index (χ4v) is 4.91. The number of hydrogen-bond acceptors (Lipinski definition) is 1. The Kier molecular flexibility index (Phi) is 1.68. The van der Waals surface area contributed by atoms with Gasteiger partial charge in [0.15, 0.2) is 0 Å². The monoisotopic (exact) mass is 256 g/mol. The van der Waals surface area contributed by atoms with E-state index in [9.17, 15) is 9.90 Å². The van der Waals surface area contributed by atoms with E-state index in [0.29, 0.717) is 11.8 Å². The van der Waals surface area contributed by atoms with E-state index in [1.165, 1.54) is 5.57 Å². The summed E-state index contributed by atoms with van der Waals surface area (Å²) < 4.78 is 0.153. The number of carbonyl (C=O) groups is 1. The number of hydrogen-bond donors (Lipinski definition) is 1. The van der Waals surface area contributed by atoms with Gasteiger partial charge in [-0.1, -0.05) is 27.6 Å². The highest BCUT2D eigenvalue weighted by Crippen LogP contribution is 2.58. The zero-order chi connectivity index (χ0) is 9.92. The Hall–Kier alpha value is -0.310. The Bertz CT molecular complexity index is 316. The molecule has 4 bridgehead atoms. The number of aliphatic carboxylic acids is 1. The highest BCUT2D eigenvalue weighted by molar-refractivity contribution is 9.10. The number of halogens is 1. The summed E-state index contributed by atoms with van der Waals surface area (Å²) in [4.78, 5) is 11.2. The first-order valence-electron chi connectivity index (χ1n) is 5.20. The second-order valence-electron chi connectivity index (χ2n) is 5.04. The molecule has 1 N–H and O–H groups in total. The van der Waals surface area contributed by atoms with Crippen molar-refractivity contribution in [2.75, 3.05) is 0 Å². The molecule has 4 aliphatic rings. The molecule has 0 saturated heterocycles. The molecule has 0 spiro atoms. The van der Waals surface area contributed by atoms with Gasteiger partial charge in [-0.15, -0.1) is 0 Å². The zero-order valence-corrected chi connectivity index (χ0v) is 9.46. The number of rotatable bonds is 1. The molecule has 14 heavy (non-hydrogen) atoms. The third kappa shape index (κ3) is 1.11. The van der Waals surface area contributed by atoms with Gasteiger partial charge in [0.1, 0.15) is 0 Å². The minimum absolute atomic E-state index is 0.0712. The van der Waals surface area contributed by atoms with Crippen LogP contribution in [-0.4, -0.2) is 15.4 Å². The molecule has 2 unspecified atom stereocenters. The molecule has 4 aliphatic carbocycles. The Morgan fingerprint density at radius 3 is 2.43 bits per heavy atom. The molecule has 0 aromatic heterocycles. The zero-order valence-electron chi connectivity index (χ0n) is 7.87. The Balaban J connectivity index is 2.00. The summed E-state index contributed by atoms with van der Waals surface area (Å²) in [7, 11) is 0. The van der Waals surface area contributed by atoms with Crippen molar-refractivity contribution in [3.05, 3.63) is 11.6 Å². The van der Waals surface area contributed by atoms with Gasteiger partial charge in [0.25, 0.3) is 0 Å². The first kappa shape index (κ1) is 8.96. The van der Waals surface area contributed by atoms with Crippen molar-refractivity contribution in [2.24, 2.45) is 17.8 Å². The molecular weight excluding hydrogens is 244 g/mol. The van der Waals surface area contributed by atoms with Gasteiger partial charge in [-0.25, -0.2) is 0 Å². The van der Waals surface area contributed by atoms with Crippen molar-refractivity contribution in [3.8, 4) is 0 Å². The summed E-state index contributed by atoms with van der Waals surface area (Å²) in [6.45, 7) is 0. The van der Waals surface area contributed by atoms with Gasteiger partial charge in [-0.3, -0.25) is 4.79 Å². The van der Waals surface area contributed by atoms with Crippen LogP contribution in [0.4, 0.5) is 0 Å². The standard InChI is InChI=1S/C11H13BrO2/c12-11-3-6-1-7(4-11)9(10(13)14)8(2-6)5-11/h3,7-9H,1-2,4-5H2,(H,13,14)/t7-,8+,9?,11?. The van der Waals surface area contributed by atoms with Crippen LogP contribution in [0.2, 0.25) is 0 Å². The molecule has 3 heteroatoms. The lowest BCUT2D eigenvalue weighted by Gasteiger charge is -2.52. The maximum absolute atomic E-state index is 11.2. The number of carboxylic acid groups (broad SMARTS) is 1. The van der Waals surface area contributed by atoms with Gasteiger partial charge >= 0.3 is 5.97 Å². The van der Waals surface area contributed by atoms with Crippen LogP contribution in [0.5, 0.6) is 0 Å². The highest BCUT2D eigenvalue weighted by atomic mass is 79.9. The third-order valence-corrected chi connectivity index (χ3v) is 4.89. The maximum Gasteiger partial charge on any atom is 0.307 e. The second kappa shape index (κ2) is 2.63. The number of carboxylic acids is 1. The van der Waals surface area contributed by atoms with Crippen LogP contribution in [0.25, 0.3) is 0 Å². The van der Waals surface area contributed by atoms with Crippen molar-refractivity contribution in [3.63, 3.8) is 0 Å². The largest absolute Gasteiger partial charge is 0.481 e. The SMILES string of the molecule is O=C(O)C1[C@@H]2CC3=CC(Br)(C2)C[C@@H]1C3. The summed E-state index contributed by atoms with van der Waals surface area (Å²) in [5, 5.41) is 9.19. The molecule has 0 radical (unpaired) electrons. The van der Waals surface area contributed by atoms with Crippen LogP contribution in [0, 0.1) is 17.8 Å². The normalized spacial score (nSPS) is 49.2. The first-order valence-corrected chi connectivity index (χ1v) is 5.99. The third-order valence-electron chi connectivity index (χ3n) is 4.02. The van der Waals surface area contributed by atoms with E-state index in [0.717, 1.165) is 25.7 Å². The summed E-state index contributed by atoms with van der Waals surface area (Å²) >= 11 is 3.76. The van der Waals surface area contributed by atoms with E-state index in [1.807, 2.05) is 0 Å². The molecule has 2 saturated carbocycles. The average Bonchev–Trinajstić information content (AvgIpc) is 1.97. The molecule has 0 heterocycles. The highest BCUT2D eigenvalue weighted by Gasteiger charge is 2.52. The van der Waals surface area contributed by atoms with Crippen LogP contribution < -0.4 is 0 Å². The van der Waals surface area contributed by atoms with Crippen LogP contribution in [0.3, 0.4) is 0 Å². The lowest BCUT2D eigenvalue weighted by Crippen LogP contribution is -2.49. The quantitative estimate of drug-likeness (QED) is 0.579. The lowest BCUT2D eigenvalue weighted by molar-refractivity contribution is -0.149. The lowest BCUT2D eigenvalue weighted by atomic mass is 9.56. The van der Waals surface area contributed by atoms with Gasteiger partial charge in [0.2, 0.25) is 0 Å². The minimum Gasteiger partial charge on any atom is -0.481 e. The summed E-state index contributed by atoms with van der Waals surface area (Å²) in [6, 6.07) is 0. The van der Waals surface area contributed by atoms with Crippen molar-refractivity contribution in [2.45, 2.75) is 30.0 Å². The Morgan fingerprint density at radius 2 is 2.00 bits per heavy atom. The Morgan fingerprint density at radius 1 is 1.43 bits per heavy atom. The molecule has 0 aliphatic heterocycles. The van der Waals surface area contributed by atoms with Gasteiger partial charge in [-0.05, 0) is 37.5 Å². The molecule has 0 aromatic rings. The van der Waals surface area contributed by atoms with Gasteiger partial charge < -0.3 is 5.11 Å². The molecule has 2 fully saturated rings. The second-order valence-corrected chi connectivity index (χ2v) is 6.62. The van der Waals surface area contributed by atoms with Gasteiger partial charge in [0.05, 0.1) is 5.92 Å². The molecule has 2 nitrogen and oxygen atoms in total. The predicted molar refractivity (Wildman–Crippen MR) is 56.3 cm³/mol. The topological polar surface area (TPSA) is 37.3 Å². The number of allylic oxidation sites excluding steroid dienone is 2. The summed E-state index contributed by atoms with van der Waals surface area (Å²) in [6.07, 6.45) is 6.44. The maximum atomic E-state index is 11.2. The summed E-state index contributed by atoms with van der Waals surface area (Å²) in [5.74, 6) is 0.132. The fraction of sp³-hybridized carbons (Fsp3) is 0.727. The molecule has 4 atom stereocenters. The van der Waals surface area contributed by atoms with Crippen LogP contribution in [0.15, 0.2) is 11.6 Å². The smallest absolute Gasteiger partial charge is 0.307 e. The van der Waals surface area contributed by atoms with Crippen molar-refractivity contribution in [1.82, 2.24) is 0 Å². The minimum atomic E-state index is -0.574. The van der Waals surface area contributed by atoms with Crippen molar-refractivity contribution >= 4 is 21.9 Å². The van der Waals surface area contributed by atoms with E-state index in [1.54, 1.807) is 0 Å². The van der Waals surface area contributed by atoms with Gasteiger partial charge in [-0.2, -0.15) is 0 Å². The predicted octanol–water partition coefficient (Wildman–Crippen LogP) is 2.58. The van der Waals surface area contributed by atoms with E-state index >= 15 is 0 Å².